The van der Waals surface area contributed by atoms with E-state index >= 15 is 0 Å². The van der Waals surface area contributed by atoms with Crippen LogP contribution in [0.3, 0.4) is 0 Å². The molecule has 2 nitrogen and oxygen atoms in total. The van der Waals surface area contributed by atoms with E-state index < -0.39 is 5.54 Å². The van der Waals surface area contributed by atoms with E-state index in [0.717, 1.165) is 18.5 Å². The summed E-state index contributed by atoms with van der Waals surface area (Å²) in [5.74, 6) is 0.235. The predicted octanol–water partition coefficient (Wildman–Crippen LogP) is 3.53. The van der Waals surface area contributed by atoms with Crippen molar-refractivity contribution in [1.82, 2.24) is 4.90 Å². The molecule has 0 aromatic heterocycles. The maximum atomic E-state index is 12.8. The molecule has 22 heavy (non-hydrogen) atoms. The molecule has 2 aliphatic heterocycles. The standard InChI is InChI=1S/C20H15NO/c22-19-11-16-6-3-4-10-21(16)20(19)12-15-9-8-14-5-1-2-7-17(14)18(15)13-20/h1-11H,12-13H2. The first-order valence-electron chi connectivity index (χ1n) is 7.68. The molecule has 0 saturated heterocycles. The molecule has 2 heterocycles. The van der Waals surface area contributed by atoms with Gasteiger partial charge in [-0.25, -0.2) is 0 Å². The number of nitrogens with zero attached hydrogens (tertiary/aromatic N) is 1. The summed E-state index contributed by atoms with van der Waals surface area (Å²) in [4.78, 5) is 15.0. The van der Waals surface area contributed by atoms with Gasteiger partial charge >= 0.3 is 0 Å². The van der Waals surface area contributed by atoms with Gasteiger partial charge in [0.05, 0.1) is 0 Å². The van der Waals surface area contributed by atoms with Crippen LogP contribution < -0.4 is 0 Å². The molecular weight excluding hydrogens is 270 g/mol. The largest absolute Gasteiger partial charge is 0.334 e. The first-order valence-corrected chi connectivity index (χ1v) is 7.68. The van der Waals surface area contributed by atoms with Crippen molar-refractivity contribution in [2.24, 2.45) is 0 Å². The molecule has 1 aliphatic carbocycles. The lowest BCUT2D eigenvalue weighted by molar-refractivity contribution is -0.121. The Morgan fingerprint density at radius 2 is 1.91 bits per heavy atom. The van der Waals surface area contributed by atoms with Crippen LogP contribution >= 0.6 is 0 Å². The van der Waals surface area contributed by atoms with Crippen molar-refractivity contribution >= 4 is 16.6 Å². The lowest BCUT2D eigenvalue weighted by Gasteiger charge is -2.35. The minimum atomic E-state index is -0.441. The van der Waals surface area contributed by atoms with Gasteiger partial charge in [0.2, 0.25) is 0 Å². The van der Waals surface area contributed by atoms with Crippen molar-refractivity contribution in [3.63, 3.8) is 0 Å². The van der Waals surface area contributed by atoms with Gasteiger partial charge in [-0.3, -0.25) is 4.79 Å². The molecule has 0 bridgehead atoms. The van der Waals surface area contributed by atoms with Crippen LogP contribution in [0, 0.1) is 0 Å². The third-order valence-corrected chi connectivity index (χ3v) is 5.18. The number of allylic oxidation sites excluding steroid dienone is 3. The summed E-state index contributed by atoms with van der Waals surface area (Å²) < 4.78 is 0. The molecule has 3 aliphatic rings. The Balaban J connectivity index is 1.68. The van der Waals surface area contributed by atoms with Crippen LogP contribution in [0.1, 0.15) is 11.1 Å². The lowest BCUT2D eigenvalue weighted by Crippen LogP contribution is -2.47. The molecule has 5 rings (SSSR count). The minimum absolute atomic E-state index is 0.235. The molecule has 1 atom stereocenters. The summed E-state index contributed by atoms with van der Waals surface area (Å²) in [5.41, 5.74) is 3.22. The monoisotopic (exact) mass is 285 g/mol. The second-order valence-corrected chi connectivity index (χ2v) is 6.31. The third kappa shape index (κ3) is 1.37. The first-order chi connectivity index (χ1) is 10.8. The second-order valence-electron chi connectivity index (χ2n) is 6.31. The van der Waals surface area contributed by atoms with Crippen molar-refractivity contribution in [1.29, 1.82) is 0 Å². The van der Waals surface area contributed by atoms with Crippen LogP contribution in [0.4, 0.5) is 0 Å². The average Bonchev–Trinajstić information content (AvgIpc) is 3.08. The lowest BCUT2D eigenvalue weighted by atomic mass is 9.91. The van der Waals surface area contributed by atoms with Crippen LogP contribution in [0.5, 0.6) is 0 Å². The van der Waals surface area contributed by atoms with Crippen LogP contribution in [0.2, 0.25) is 0 Å². The van der Waals surface area contributed by atoms with Gasteiger partial charge in [-0.05, 0) is 34.1 Å². The van der Waals surface area contributed by atoms with E-state index in [1.54, 1.807) is 6.08 Å². The Morgan fingerprint density at radius 1 is 1.00 bits per heavy atom. The summed E-state index contributed by atoms with van der Waals surface area (Å²) in [6.07, 6.45) is 11.5. The maximum Gasteiger partial charge on any atom is 0.184 e. The van der Waals surface area contributed by atoms with Gasteiger partial charge < -0.3 is 4.90 Å². The van der Waals surface area contributed by atoms with Gasteiger partial charge in [-0.15, -0.1) is 0 Å². The SMILES string of the molecule is O=C1C=C2C=CC=CN2C12Cc1ccc3ccccc3c1C2. The molecule has 1 unspecified atom stereocenters. The average molecular weight is 285 g/mol. The normalized spacial score (nSPS) is 25.0. The molecule has 0 saturated carbocycles. The molecule has 0 radical (unpaired) electrons. The zero-order chi connectivity index (χ0) is 14.7. The number of hydrogen-bond donors (Lipinski definition) is 0. The zero-order valence-corrected chi connectivity index (χ0v) is 12.1. The molecule has 0 N–H and O–H groups in total. The van der Waals surface area contributed by atoms with Crippen LogP contribution in [0.15, 0.2) is 72.6 Å². The summed E-state index contributed by atoms with van der Waals surface area (Å²) >= 11 is 0. The predicted molar refractivity (Wildman–Crippen MR) is 87.3 cm³/mol. The summed E-state index contributed by atoms with van der Waals surface area (Å²) in [5, 5.41) is 2.54. The number of hydrogen-bond acceptors (Lipinski definition) is 2. The van der Waals surface area contributed by atoms with Crippen LogP contribution in [0.25, 0.3) is 10.8 Å². The van der Waals surface area contributed by atoms with E-state index in [0.29, 0.717) is 0 Å². The fourth-order valence-electron chi connectivity index (χ4n) is 4.12. The summed E-state index contributed by atoms with van der Waals surface area (Å²) in [7, 11) is 0. The van der Waals surface area contributed by atoms with Gasteiger partial charge in [0.25, 0.3) is 0 Å². The Labute approximate surface area is 129 Å². The van der Waals surface area contributed by atoms with E-state index in [9.17, 15) is 4.79 Å². The maximum absolute atomic E-state index is 12.8. The molecule has 0 fully saturated rings. The molecule has 2 heteroatoms. The highest BCUT2D eigenvalue weighted by atomic mass is 16.1. The van der Waals surface area contributed by atoms with Gasteiger partial charge in [0.1, 0.15) is 5.54 Å². The van der Waals surface area contributed by atoms with E-state index in [2.05, 4.69) is 41.3 Å². The minimum Gasteiger partial charge on any atom is -0.334 e. The quantitative estimate of drug-likeness (QED) is 0.738. The zero-order valence-electron chi connectivity index (χ0n) is 12.1. The fourth-order valence-corrected chi connectivity index (χ4v) is 4.12. The number of carbonyl (C=O) groups is 1. The van der Waals surface area contributed by atoms with E-state index in [1.165, 1.54) is 21.9 Å². The Bertz CT molecular complexity index is 918. The highest BCUT2D eigenvalue weighted by Crippen LogP contribution is 2.44. The van der Waals surface area contributed by atoms with Crippen LogP contribution in [-0.2, 0) is 17.6 Å². The number of fused-ring (bicyclic) bond motifs is 5. The topological polar surface area (TPSA) is 20.3 Å². The van der Waals surface area contributed by atoms with Gasteiger partial charge in [-0.2, -0.15) is 0 Å². The van der Waals surface area contributed by atoms with Gasteiger partial charge in [0, 0.05) is 30.8 Å². The second kappa shape index (κ2) is 3.98. The molecule has 0 amide bonds. The fraction of sp³-hybridized carbons (Fsp3) is 0.150. The summed E-state index contributed by atoms with van der Waals surface area (Å²) in [6, 6.07) is 12.8. The molecule has 2 aromatic rings. The van der Waals surface area contributed by atoms with E-state index in [-0.39, 0.29) is 5.78 Å². The highest BCUT2D eigenvalue weighted by molar-refractivity contribution is 6.04. The third-order valence-electron chi connectivity index (χ3n) is 5.18. The summed E-state index contributed by atoms with van der Waals surface area (Å²) in [6.45, 7) is 0. The number of benzene rings is 2. The number of rotatable bonds is 0. The van der Waals surface area contributed by atoms with Crippen molar-refractivity contribution in [2.75, 3.05) is 0 Å². The van der Waals surface area contributed by atoms with Crippen LogP contribution in [-0.4, -0.2) is 16.2 Å². The van der Waals surface area contributed by atoms with Gasteiger partial charge in [-0.1, -0.05) is 42.5 Å². The molecule has 1 spiro atoms. The first kappa shape index (κ1) is 12.0. The highest BCUT2D eigenvalue weighted by Gasteiger charge is 2.51. The number of carbonyl (C=O) groups excluding carboxylic acids is 1. The Morgan fingerprint density at radius 3 is 2.86 bits per heavy atom. The Kier molecular flexibility index (Phi) is 2.17. The van der Waals surface area contributed by atoms with Crippen molar-refractivity contribution in [3.05, 3.63) is 83.7 Å². The molecule has 106 valence electrons. The Hall–Kier alpha value is -2.61. The van der Waals surface area contributed by atoms with Crippen molar-refractivity contribution in [3.8, 4) is 0 Å². The van der Waals surface area contributed by atoms with Gasteiger partial charge in [0.15, 0.2) is 5.78 Å². The van der Waals surface area contributed by atoms with Crippen molar-refractivity contribution < 1.29 is 4.79 Å². The number of ketones is 1. The molecular formula is C20H15NO. The smallest absolute Gasteiger partial charge is 0.184 e. The van der Waals surface area contributed by atoms with Crippen molar-refractivity contribution in [2.45, 2.75) is 18.4 Å². The van der Waals surface area contributed by atoms with E-state index in [1.807, 2.05) is 24.4 Å². The molecule has 2 aromatic carbocycles. The van der Waals surface area contributed by atoms with E-state index in [4.69, 9.17) is 0 Å².